The van der Waals surface area contributed by atoms with Gasteiger partial charge in [-0.25, -0.2) is 0 Å². The van der Waals surface area contributed by atoms with Crippen LogP contribution in [0.2, 0.25) is 0 Å². The van der Waals surface area contributed by atoms with Gasteiger partial charge in [0.15, 0.2) is 5.76 Å². The van der Waals surface area contributed by atoms with Crippen molar-refractivity contribution in [2.45, 2.75) is 12.3 Å². The second kappa shape index (κ2) is 4.52. The summed E-state index contributed by atoms with van der Waals surface area (Å²) in [5, 5.41) is 7.39. The first-order valence-electron chi connectivity index (χ1n) is 6.62. The van der Waals surface area contributed by atoms with Gasteiger partial charge in [-0.2, -0.15) is 4.98 Å². The molecule has 0 amide bonds. The maximum Gasteiger partial charge on any atom is 0.238 e. The average Bonchev–Trinajstić information content (AvgIpc) is 3.17. The smallest absolute Gasteiger partial charge is 0.238 e. The number of nitrogens with one attached hydrogen (secondary N) is 1. The van der Waals surface area contributed by atoms with E-state index >= 15 is 0 Å². The van der Waals surface area contributed by atoms with Gasteiger partial charge in [-0.05, 0) is 30.2 Å². The van der Waals surface area contributed by atoms with Crippen molar-refractivity contribution < 1.29 is 8.94 Å². The summed E-state index contributed by atoms with van der Waals surface area (Å²) < 4.78 is 10.7. The van der Waals surface area contributed by atoms with Gasteiger partial charge in [0.2, 0.25) is 11.7 Å². The van der Waals surface area contributed by atoms with Crippen molar-refractivity contribution in [2.75, 3.05) is 11.9 Å². The molecule has 1 aromatic carbocycles. The minimum Gasteiger partial charge on any atom is -0.461 e. The van der Waals surface area contributed by atoms with Gasteiger partial charge in [-0.15, -0.1) is 0 Å². The second-order valence-corrected chi connectivity index (χ2v) is 4.79. The van der Waals surface area contributed by atoms with Crippen molar-refractivity contribution >= 4 is 5.69 Å². The van der Waals surface area contributed by atoms with E-state index in [9.17, 15) is 0 Å². The summed E-state index contributed by atoms with van der Waals surface area (Å²) in [4.78, 5) is 4.48. The van der Waals surface area contributed by atoms with Crippen molar-refractivity contribution in [1.29, 1.82) is 0 Å². The van der Waals surface area contributed by atoms with Crippen LogP contribution < -0.4 is 5.32 Å². The highest BCUT2D eigenvalue weighted by Crippen LogP contribution is 2.36. The number of para-hydroxylation sites is 1. The fraction of sp³-hybridized carbons (Fsp3) is 0.200. The predicted molar refractivity (Wildman–Crippen MR) is 73.4 cm³/mol. The van der Waals surface area contributed by atoms with E-state index in [0.717, 1.165) is 18.7 Å². The molecule has 1 aliphatic rings. The lowest BCUT2D eigenvalue weighted by molar-refractivity contribution is 0.360. The third-order valence-corrected chi connectivity index (χ3v) is 3.57. The van der Waals surface area contributed by atoms with E-state index in [-0.39, 0.29) is 5.92 Å². The summed E-state index contributed by atoms with van der Waals surface area (Å²) in [6.07, 6.45) is 2.54. The number of benzene rings is 1. The van der Waals surface area contributed by atoms with E-state index < -0.39 is 0 Å². The highest BCUT2D eigenvalue weighted by Gasteiger charge is 2.26. The molecule has 5 nitrogen and oxygen atoms in total. The molecule has 1 atom stereocenters. The number of hydrogen-bond acceptors (Lipinski definition) is 5. The van der Waals surface area contributed by atoms with E-state index in [1.54, 1.807) is 6.26 Å². The van der Waals surface area contributed by atoms with Crippen LogP contribution in [0, 0.1) is 0 Å². The van der Waals surface area contributed by atoms with Gasteiger partial charge >= 0.3 is 0 Å². The summed E-state index contributed by atoms with van der Waals surface area (Å²) in [5.74, 6) is 1.91. The Bertz CT molecular complexity index is 718. The molecule has 3 aromatic rings. The van der Waals surface area contributed by atoms with Gasteiger partial charge in [-0.3, -0.25) is 0 Å². The molecular weight excluding hydrogens is 254 g/mol. The van der Waals surface area contributed by atoms with E-state index in [0.29, 0.717) is 17.5 Å². The topological polar surface area (TPSA) is 64.1 Å². The van der Waals surface area contributed by atoms with Gasteiger partial charge in [0.25, 0.3) is 0 Å². The molecule has 0 spiro atoms. The van der Waals surface area contributed by atoms with Crippen molar-refractivity contribution in [2.24, 2.45) is 0 Å². The molecule has 100 valence electrons. The van der Waals surface area contributed by atoms with Gasteiger partial charge in [-0.1, -0.05) is 23.4 Å². The Morgan fingerprint density at radius 2 is 2.10 bits per heavy atom. The molecule has 2 aromatic heterocycles. The first-order valence-corrected chi connectivity index (χ1v) is 6.62. The van der Waals surface area contributed by atoms with Crippen LogP contribution in [0.4, 0.5) is 5.69 Å². The van der Waals surface area contributed by atoms with Crippen molar-refractivity contribution in [3.63, 3.8) is 0 Å². The van der Waals surface area contributed by atoms with Crippen LogP contribution in [-0.4, -0.2) is 16.7 Å². The fourth-order valence-electron chi connectivity index (χ4n) is 2.61. The summed E-state index contributed by atoms with van der Waals surface area (Å²) in [6.45, 7) is 0.903. The number of fused-ring (bicyclic) bond motifs is 1. The quantitative estimate of drug-likeness (QED) is 0.772. The summed E-state index contributed by atoms with van der Waals surface area (Å²) in [7, 11) is 0. The number of nitrogens with zero attached hydrogens (tertiary/aromatic N) is 2. The van der Waals surface area contributed by atoms with Crippen molar-refractivity contribution in [1.82, 2.24) is 10.1 Å². The summed E-state index contributed by atoms with van der Waals surface area (Å²) >= 11 is 0. The Morgan fingerprint density at radius 3 is 3.00 bits per heavy atom. The maximum absolute atomic E-state index is 5.44. The van der Waals surface area contributed by atoms with Crippen LogP contribution in [0.3, 0.4) is 0 Å². The summed E-state index contributed by atoms with van der Waals surface area (Å²) in [6, 6.07) is 11.9. The molecule has 3 heterocycles. The molecule has 1 aliphatic heterocycles. The zero-order valence-corrected chi connectivity index (χ0v) is 10.7. The van der Waals surface area contributed by atoms with Crippen LogP contribution in [-0.2, 0) is 0 Å². The summed E-state index contributed by atoms with van der Waals surface area (Å²) in [5.41, 5.74) is 2.34. The van der Waals surface area contributed by atoms with E-state index in [2.05, 4.69) is 27.6 Å². The second-order valence-electron chi connectivity index (χ2n) is 4.79. The first-order chi connectivity index (χ1) is 9.92. The first kappa shape index (κ1) is 11.3. The number of furan rings is 1. The average molecular weight is 267 g/mol. The minimum absolute atomic E-state index is 0.142. The van der Waals surface area contributed by atoms with Gasteiger partial charge in [0.1, 0.15) is 0 Å². The normalized spacial score (nSPS) is 17.5. The monoisotopic (exact) mass is 267 g/mol. The Hall–Kier alpha value is -2.56. The van der Waals surface area contributed by atoms with Crippen LogP contribution in [0.5, 0.6) is 0 Å². The molecule has 0 saturated carbocycles. The van der Waals surface area contributed by atoms with Gasteiger partial charge < -0.3 is 14.3 Å². The fourth-order valence-corrected chi connectivity index (χ4v) is 2.61. The molecule has 0 saturated heterocycles. The lowest BCUT2D eigenvalue weighted by Gasteiger charge is -2.23. The molecule has 1 N–H and O–H groups in total. The zero-order chi connectivity index (χ0) is 13.4. The Morgan fingerprint density at radius 1 is 1.15 bits per heavy atom. The molecule has 20 heavy (non-hydrogen) atoms. The van der Waals surface area contributed by atoms with Gasteiger partial charge in [0.05, 0.1) is 12.2 Å². The molecule has 0 bridgehead atoms. The molecule has 1 unspecified atom stereocenters. The Labute approximate surface area is 115 Å². The van der Waals surface area contributed by atoms with E-state index in [1.165, 1.54) is 5.56 Å². The van der Waals surface area contributed by atoms with E-state index in [1.807, 2.05) is 24.3 Å². The number of rotatable bonds is 2. The molecule has 0 radical (unpaired) electrons. The van der Waals surface area contributed by atoms with Crippen LogP contribution in [0.1, 0.15) is 23.8 Å². The molecule has 0 fully saturated rings. The molecule has 4 rings (SSSR count). The molecular formula is C15H13N3O2. The SMILES string of the molecule is c1coc(-c2noc(C3CCNc4ccccc43)n2)c1. The zero-order valence-electron chi connectivity index (χ0n) is 10.7. The lowest BCUT2D eigenvalue weighted by Crippen LogP contribution is -2.17. The van der Waals surface area contributed by atoms with Gasteiger partial charge in [0, 0.05) is 12.2 Å². The predicted octanol–water partition coefficient (Wildman–Crippen LogP) is 3.28. The Kier molecular flexibility index (Phi) is 2.55. The minimum atomic E-state index is 0.142. The third-order valence-electron chi connectivity index (χ3n) is 3.57. The highest BCUT2D eigenvalue weighted by molar-refractivity contribution is 5.56. The number of hydrogen-bond donors (Lipinski definition) is 1. The number of anilines is 1. The third kappa shape index (κ3) is 1.79. The molecule has 5 heteroatoms. The van der Waals surface area contributed by atoms with Crippen LogP contribution in [0.15, 0.2) is 51.6 Å². The lowest BCUT2D eigenvalue weighted by atomic mass is 9.91. The van der Waals surface area contributed by atoms with E-state index in [4.69, 9.17) is 8.94 Å². The van der Waals surface area contributed by atoms with Crippen LogP contribution >= 0.6 is 0 Å². The highest BCUT2D eigenvalue weighted by atomic mass is 16.5. The Balaban J connectivity index is 1.72. The molecule has 0 aliphatic carbocycles. The van der Waals surface area contributed by atoms with Crippen molar-refractivity contribution in [3.8, 4) is 11.6 Å². The standard InChI is InChI=1S/C15H13N3O2/c1-2-5-12-10(4-1)11(7-8-16-12)15-17-14(18-20-15)13-6-3-9-19-13/h1-6,9,11,16H,7-8H2. The maximum atomic E-state index is 5.44. The van der Waals surface area contributed by atoms with Crippen molar-refractivity contribution in [3.05, 3.63) is 54.1 Å². The van der Waals surface area contributed by atoms with Crippen LogP contribution in [0.25, 0.3) is 11.6 Å². The number of aromatic nitrogens is 2. The largest absolute Gasteiger partial charge is 0.461 e.